The zero-order valence-corrected chi connectivity index (χ0v) is 14.0. The smallest absolute Gasteiger partial charge is 0.119 e. The summed E-state index contributed by atoms with van der Waals surface area (Å²) in [5.74, 6) is 1.95. The number of likely N-dealkylation sites (tertiary alicyclic amines) is 1. The number of ether oxygens (including phenoxy) is 1. The lowest BCUT2D eigenvalue weighted by Crippen LogP contribution is -2.29. The maximum absolute atomic E-state index is 5.86. The lowest BCUT2D eigenvalue weighted by atomic mass is 9.85. The van der Waals surface area contributed by atoms with E-state index in [4.69, 9.17) is 4.74 Å². The Hall–Kier alpha value is -1.06. The molecule has 122 valence electrons. The van der Waals surface area contributed by atoms with Crippen molar-refractivity contribution < 1.29 is 4.74 Å². The van der Waals surface area contributed by atoms with Gasteiger partial charge in [-0.2, -0.15) is 0 Å². The minimum absolute atomic E-state index is 0.806. The molecular formula is C19H30N2O. The van der Waals surface area contributed by atoms with Gasteiger partial charge < -0.3 is 9.64 Å². The van der Waals surface area contributed by atoms with Crippen molar-refractivity contribution in [3.05, 3.63) is 29.8 Å². The normalized spacial score (nSPS) is 19.5. The standard InChI is InChI=1S/C19H30N2O/c1-20(15-17-5-4-6-17)16-18-7-9-19(10-8-18)22-14-13-21-11-2-3-12-21/h7-10,17H,2-6,11-16H2,1H3. The van der Waals surface area contributed by atoms with Crippen molar-refractivity contribution in [3.8, 4) is 5.75 Å². The molecule has 3 nitrogen and oxygen atoms in total. The van der Waals surface area contributed by atoms with Crippen LogP contribution in [-0.4, -0.2) is 49.6 Å². The van der Waals surface area contributed by atoms with Crippen molar-refractivity contribution in [1.82, 2.24) is 9.80 Å². The summed E-state index contributed by atoms with van der Waals surface area (Å²) in [6.07, 6.45) is 6.98. The molecular weight excluding hydrogens is 272 g/mol. The van der Waals surface area contributed by atoms with Crippen LogP contribution in [0.4, 0.5) is 0 Å². The molecule has 0 aromatic heterocycles. The van der Waals surface area contributed by atoms with E-state index in [1.54, 1.807) is 0 Å². The molecule has 0 N–H and O–H groups in total. The van der Waals surface area contributed by atoms with Crippen LogP contribution in [0.3, 0.4) is 0 Å². The molecule has 1 aromatic rings. The van der Waals surface area contributed by atoms with E-state index >= 15 is 0 Å². The highest BCUT2D eigenvalue weighted by atomic mass is 16.5. The van der Waals surface area contributed by atoms with Gasteiger partial charge in [0, 0.05) is 19.6 Å². The highest BCUT2D eigenvalue weighted by molar-refractivity contribution is 5.27. The Morgan fingerprint density at radius 2 is 1.82 bits per heavy atom. The number of nitrogens with zero attached hydrogens (tertiary/aromatic N) is 2. The summed E-state index contributed by atoms with van der Waals surface area (Å²) in [6, 6.07) is 8.66. The van der Waals surface area contributed by atoms with E-state index in [0.29, 0.717) is 0 Å². The first kappa shape index (κ1) is 15.8. The first-order valence-corrected chi connectivity index (χ1v) is 8.92. The molecule has 0 unspecified atom stereocenters. The Morgan fingerprint density at radius 3 is 2.45 bits per heavy atom. The largest absolute Gasteiger partial charge is 0.492 e. The summed E-state index contributed by atoms with van der Waals surface area (Å²) >= 11 is 0. The van der Waals surface area contributed by atoms with Crippen LogP contribution in [0.1, 0.15) is 37.7 Å². The molecule has 0 atom stereocenters. The van der Waals surface area contributed by atoms with Gasteiger partial charge in [-0.05, 0) is 69.4 Å². The zero-order chi connectivity index (χ0) is 15.2. The van der Waals surface area contributed by atoms with Crippen LogP contribution >= 0.6 is 0 Å². The molecule has 0 amide bonds. The van der Waals surface area contributed by atoms with Crippen LogP contribution in [-0.2, 0) is 6.54 Å². The molecule has 1 aromatic carbocycles. The summed E-state index contributed by atoms with van der Waals surface area (Å²) < 4.78 is 5.86. The van der Waals surface area contributed by atoms with Gasteiger partial charge in [-0.1, -0.05) is 18.6 Å². The minimum atomic E-state index is 0.806. The summed E-state index contributed by atoms with van der Waals surface area (Å²) in [5, 5.41) is 0. The number of hydrogen-bond donors (Lipinski definition) is 0. The van der Waals surface area contributed by atoms with E-state index in [0.717, 1.165) is 31.4 Å². The van der Waals surface area contributed by atoms with Gasteiger partial charge in [0.25, 0.3) is 0 Å². The molecule has 3 heteroatoms. The SMILES string of the molecule is CN(Cc1ccc(OCCN2CCCC2)cc1)CC1CCC1. The maximum Gasteiger partial charge on any atom is 0.119 e. The fourth-order valence-corrected chi connectivity index (χ4v) is 3.48. The van der Waals surface area contributed by atoms with E-state index in [2.05, 4.69) is 41.1 Å². The van der Waals surface area contributed by atoms with Crippen molar-refractivity contribution in [2.24, 2.45) is 5.92 Å². The third-order valence-electron chi connectivity index (χ3n) is 5.05. The number of benzene rings is 1. The molecule has 3 rings (SSSR count). The zero-order valence-electron chi connectivity index (χ0n) is 14.0. The Bertz CT molecular complexity index is 435. The average molecular weight is 302 g/mol. The van der Waals surface area contributed by atoms with Crippen molar-refractivity contribution >= 4 is 0 Å². The van der Waals surface area contributed by atoms with Gasteiger partial charge in [0.05, 0.1) is 0 Å². The summed E-state index contributed by atoms with van der Waals surface area (Å²) in [4.78, 5) is 4.94. The Morgan fingerprint density at radius 1 is 1.09 bits per heavy atom. The van der Waals surface area contributed by atoms with Gasteiger partial charge in [0.15, 0.2) is 0 Å². The molecule has 1 aliphatic carbocycles. The first-order valence-electron chi connectivity index (χ1n) is 8.92. The van der Waals surface area contributed by atoms with Gasteiger partial charge in [-0.25, -0.2) is 0 Å². The molecule has 0 bridgehead atoms. The molecule has 2 fully saturated rings. The van der Waals surface area contributed by atoms with Crippen molar-refractivity contribution in [2.45, 2.75) is 38.6 Å². The van der Waals surface area contributed by atoms with Crippen LogP contribution in [0, 0.1) is 5.92 Å². The molecule has 22 heavy (non-hydrogen) atoms. The average Bonchev–Trinajstić information content (AvgIpc) is 2.98. The second-order valence-corrected chi connectivity index (χ2v) is 7.03. The third kappa shape index (κ3) is 4.72. The fourth-order valence-electron chi connectivity index (χ4n) is 3.48. The fraction of sp³-hybridized carbons (Fsp3) is 0.684. The van der Waals surface area contributed by atoms with Crippen LogP contribution in [0.5, 0.6) is 5.75 Å². The Labute approximate surface area is 135 Å². The molecule has 0 spiro atoms. The molecule has 0 radical (unpaired) electrons. The molecule has 1 saturated carbocycles. The summed E-state index contributed by atoms with van der Waals surface area (Å²) in [7, 11) is 2.23. The van der Waals surface area contributed by atoms with Gasteiger partial charge in [-0.3, -0.25) is 4.90 Å². The van der Waals surface area contributed by atoms with Crippen LogP contribution in [0.25, 0.3) is 0 Å². The van der Waals surface area contributed by atoms with E-state index in [1.165, 1.54) is 57.3 Å². The Balaban J connectivity index is 1.37. The lowest BCUT2D eigenvalue weighted by Gasteiger charge is -2.30. The van der Waals surface area contributed by atoms with E-state index in [-0.39, 0.29) is 0 Å². The highest BCUT2D eigenvalue weighted by Crippen LogP contribution is 2.27. The molecule has 2 aliphatic rings. The molecule has 1 saturated heterocycles. The van der Waals surface area contributed by atoms with E-state index in [9.17, 15) is 0 Å². The van der Waals surface area contributed by atoms with Gasteiger partial charge >= 0.3 is 0 Å². The molecule has 1 heterocycles. The second kappa shape index (κ2) is 7.98. The molecule has 1 aliphatic heterocycles. The first-order chi connectivity index (χ1) is 10.8. The lowest BCUT2D eigenvalue weighted by molar-refractivity contribution is 0.200. The number of rotatable bonds is 8. The Kier molecular flexibility index (Phi) is 5.74. The van der Waals surface area contributed by atoms with Gasteiger partial charge in [0.2, 0.25) is 0 Å². The monoisotopic (exact) mass is 302 g/mol. The van der Waals surface area contributed by atoms with Crippen LogP contribution in [0.2, 0.25) is 0 Å². The van der Waals surface area contributed by atoms with E-state index < -0.39 is 0 Å². The highest BCUT2D eigenvalue weighted by Gasteiger charge is 2.18. The predicted octanol–water partition coefficient (Wildman–Crippen LogP) is 3.39. The third-order valence-corrected chi connectivity index (χ3v) is 5.05. The van der Waals surface area contributed by atoms with Crippen molar-refractivity contribution in [1.29, 1.82) is 0 Å². The maximum atomic E-state index is 5.86. The predicted molar refractivity (Wildman–Crippen MR) is 91.3 cm³/mol. The minimum Gasteiger partial charge on any atom is -0.492 e. The number of hydrogen-bond acceptors (Lipinski definition) is 3. The van der Waals surface area contributed by atoms with Gasteiger partial charge in [0.1, 0.15) is 12.4 Å². The van der Waals surface area contributed by atoms with Gasteiger partial charge in [-0.15, -0.1) is 0 Å². The summed E-state index contributed by atoms with van der Waals surface area (Å²) in [6.45, 7) is 6.65. The van der Waals surface area contributed by atoms with Crippen LogP contribution in [0.15, 0.2) is 24.3 Å². The van der Waals surface area contributed by atoms with Crippen molar-refractivity contribution in [2.75, 3.05) is 39.8 Å². The topological polar surface area (TPSA) is 15.7 Å². The quantitative estimate of drug-likeness (QED) is 0.732. The van der Waals surface area contributed by atoms with Crippen LogP contribution < -0.4 is 4.74 Å². The van der Waals surface area contributed by atoms with Crippen molar-refractivity contribution in [3.63, 3.8) is 0 Å². The summed E-state index contributed by atoms with van der Waals surface area (Å²) in [5.41, 5.74) is 1.38. The van der Waals surface area contributed by atoms with E-state index in [1.807, 2.05) is 0 Å². The second-order valence-electron chi connectivity index (χ2n) is 7.03.